The van der Waals surface area contributed by atoms with Crippen molar-refractivity contribution in [2.75, 3.05) is 6.61 Å². The highest BCUT2D eigenvalue weighted by molar-refractivity contribution is 5.84. The Hall–Kier alpha value is -3.02. The molecule has 0 heterocycles. The number of rotatable bonds is 9. The summed E-state index contributed by atoms with van der Waals surface area (Å²) in [4.78, 5) is 22.6. The summed E-state index contributed by atoms with van der Waals surface area (Å²) in [5, 5.41) is 11.3. The minimum absolute atomic E-state index is 0.242. The summed E-state index contributed by atoms with van der Waals surface area (Å²) in [5.74, 6) is -0.336. The number of hydrogen-bond donors (Lipinski definition) is 2. The Morgan fingerprint density at radius 1 is 1.00 bits per heavy atom. The van der Waals surface area contributed by atoms with Crippen LogP contribution in [0, 0.1) is 0 Å². The molecule has 0 fully saturated rings. The standard InChI is InChI=1S/C19H21NO5/c1-2-17(19(22)23)20-18(21)13-25-16-10-8-15(9-11-16)24-12-14-6-4-3-5-7-14/h3-11,17H,2,12-13H2,1H3,(H,20,21)(H,22,23). The highest BCUT2D eigenvalue weighted by Gasteiger charge is 2.17. The normalized spacial score (nSPS) is 11.4. The van der Waals surface area contributed by atoms with Crippen molar-refractivity contribution in [2.24, 2.45) is 0 Å². The summed E-state index contributed by atoms with van der Waals surface area (Å²) in [6, 6.07) is 15.8. The molecule has 1 unspecified atom stereocenters. The minimum atomic E-state index is -1.06. The lowest BCUT2D eigenvalue weighted by atomic mass is 10.2. The van der Waals surface area contributed by atoms with Crippen LogP contribution in [0.15, 0.2) is 54.6 Å². The fraction of sp³-hybridized carbons (Fsp3) is 0.263. The first-order valence-electron chi connectivity index (χ1n) is 8.00. The molecule has 25 heavy (non-hydrogen) atoms. The molecule has 6 nitrogen and oxygen atoms in total. The molecule has 0 bridgehead atoms. The van der Waals surface area contributed by atoms with Crippen LogP contribution in [0.2, 0.25) is 0 Å². The molecule has 0 saturated heterocycles. The van der Waals surface area contributed by atoms with Crippen LogP contribution >= 0.6 is 0 Å². The first-order chi connectivity index (χ1) is 12.1. The van der Waals surface area contributed by atoms with Crippen molar-refractivity contribution in [1.29, 1.82) is 0 Å². The lowest BCUT2D eigenvalue weighted by molar-refractivity contribution is -0.142. The molecule has 6 heteroatoms. The van der Waals surface area contributed by atoms with Crippen molar-refractivity contribution in [2.45, 2.75) is 26.0 Å². The predicted molar refractivity (Wildman–Crippen MR) is 92.6 cm³/mol. The van der Waals surface area contributed by atoms with Gasteiger partial charge < -0.3 is 19.9 Å². The molecular formula is C19H21NO5. The van der Waals surface area contributed by atoms with Gasteiger partial charge in [-0.15, -0.1) is 0 Å². The molecule has 1 atom stereocenters. The summed E-state index contributed by atoms with van der Waals surface area (Å²) in [7, 11) is 0. The van der Waals surface area contributed by atoms with Crippen LogP contribution in [-0.2, 0) is 16.2 Å². The van der Waals surface area contributed by atoms with Crippen LogP contribution in [0.5, 0.6) is 11.5 Å². The Balaban J connectivity index is 1.78. The second-order valence-corrected chi connectivity index (χ2v) is 5.40. The SMILES string of the molecule is CCC(NC(=O)COc1ccc(OCc2ccccc2)cc1)C(=O)O. The number of nitrogens with one attached hydrogen (secondary N) is 1. The first-order valence-corrected chi connectivity index (χ1v) is 8.00. The van der Waals surface area contributed by atoms with Gasteiger partial charge in [0.05, 0.1) is 0 Å². The number of carbonyl (C=O) groups excluding carboxylic acids is 1. The monoisotopic (exact) mass is 343 g/mol. The van der Waals surface area contributed by atoms with E-state index in [2.05, 4.69) is 5.32 Å². The maximum atomic E-state index is 11.7. The van der Waals surface area contributed by atoms with Crippen molar-refractivity contribution in [3.63, 3.8) is 0 Å². The van der Waals surface area contributed by atoms with Crippen LogP contribution < -0.4 is 14.8 Å². The van der Waals surface area contributed by atoms with Gasteiger partial charge in [0.2, 0.25) is 0 Å². The number of carbonyl (C=O) groups is 2. The van der Waals surface area contributed by atoms with Gasteiger partial charge in [-0.1, -0.05) is 37.3 Å². The Labute approximate surface area is 146 Å². The molecule has 2 N–H and O–H groups in total. The zero-order valence-electron chi connectivity index (χ0n) is 14.0. The van der Waals surface area contributed by atoms with E-state index >= 15 is 0 Å². The number of benzene rings is 2. The fourth-order valence-electron chi connectivity index (χ4n) is 2.10. The van der Waals surface area contributed by atoms with E-state index in [0.717, 1.165) is 5.56 Å². The highest BCUT2D eigenvalue weighted by atomic mass is 16.5. The van der Waals surface area contributed by atoms with E-state index in [9.17, 15) is 9.59 Å². The highest BCUT2D eigenvalue weighted by Crippen LogP contribution is 2.18. The Bertz CT molecular complexity index is 685. The molecule has 2 aromatic rings. The predicted octanol–water partition coefficient (Wildman–Crippen LogP) is 2.62. The largest absolute Gasteiger partial charge is 0.489 e. The maximum absolute atomic E-state index is 11.7. The summed E-state index contributed by atoms with van der Waals surface area (Å²) in [6.07, 6.45) is 0.314. The number of amides is 1. The molecule has 0 aliphatic heterocycles. The van der Waals surface area contributed by atoms with E-state index in [1.165, 1.54) is 0 Å². The smallest absolute Gasteiger partial charge is 0.326 e. The van der Waals surface area contributed by atoms with Gasteiger partial charge >= 0.3 is 5.97 Å². The average Bonchev–Trinajstić information content (AvgIpc) is 2.64. The number of ether oxygens (including phenoxy) is 2. The van der Waals surface area contributed by atoms with Crippen molar-refractivity contribution >= 4 is 11.9 Å². The summed E-state index contributed by atoms with van der Waals surface area (Å²) < 4.78 is 11.0. The Morgan fingerprint density at radius 3 is 2.16 bits per heavy atom. The number of aliphatic carboxylic acids is 1. The molecule has 2 rings (SSSR count). The average molecular weight is 343 g/mol. The maximum Gasteiger partial charge on any atom is 0.326 e. The molecule has 0 spiro atoms. The number of carboxylic acids is 1. The van der Waals surface area contributed by atoms with E-state index < -0.39 is 17.9 Å². The van der Waals surface area contributed by atoms with Gasteiger partial charge in [-0.2, -0.15) is 0 Å². The lowest BCUT2D eigenvalue weighted by Crippen LogP contribution is -2.42. The zero-order valence-corrected chi connectivity index (χ0v) is 14.0. The van der Waals surface area contributed by atoms with Crippen molar-refractivity contribution < 1.29 is 24.2 Å². The number of carboxylic acid groups (broad SMARTS) is 1. The third kappa shape index (κ3) is 6.18. The van der Waals surface area contributed by atoms with E-state index in [1.807, 2.05) is 30.3 Å². The van der Waals surface area contributed by atoms with E-state index in [1.54, 1.807) is 31.2 Å². The third-order valence-corrected chi connectivity index (χ3v) is 3.48. The van der Waals surface area contributed by atoms with Crippen LogP contribution in [0.4, 0.5) is 0 Å². The summed E-state index contributed by atoms with van der Waals surface area (Å²) >= 11 is 0. The molecule has 1 amide bonds. The van der Waals surface area contributed by atoms with Crippen molar-refractivity contribution in [3.05, 3.63) is 60.2 Å². The van der Waals surface area contributed by atoms with Gasteiger partial charge in [-0.05, 0) is 36.2 Å². The molecule has 132 valence electrons. The fourth-order valence-corrected chi connectivity index (χ4v) is 2.10. The molecule has 0 radical (unpaired) electrons. The third-order valence-electron chi connectivity index (χ3n) is 3.48. The molecule has 0 aliphatic carbocycles. The van der Waals surface area contributed by atoms with Gasteiger partial charge in [0.1, 0.15) is 24.1 Å². The van der Waals surface area contributed by atoms with E-state index in [0.29, 0.717) is 24.5 Å². The second-order valence-electron chi connectivity index (χ2n) is 5.40. The minimum Gasteiger partial charge on any atom is -0.489 e. The topological polar surface area (TPSA) is 84.9 Å². The molecule has 0 aromatic heterocycles. The van der Waals surface area contributed by atoms with Gasteiger partial charge in [0.25, 0.3) is 5.91 Å². The van der Waals surface area contributed by atoms with Crippen molar-refractivity contribution in [3.8, 4) is 11.5 Å². The zero-order chi connectivity index (χ0) is 18.1. The van der Waals surface area contributed by atoms with Crippen LogP contribution in [-0.4, -0.2) is 29.6 Å². The van der Waals surface area contributed by atoms with Crippen LogP contribution in [0.1, 0.15) is 18.9 Å². The first kappa shape index (κ1) is 18.3. The van der Waals surface area contributed by atoms with Crippen LogP contribution in [0.3, 0.4) is 0 Å². The van der Waals surface area contributed by atoms with E-state index in [-0.39, 0.29) is 6.61 Å². The van der Waals surface area contributed by atoms with Gasteiger partial charge in [0, 0.05) is 0 Å². The summed E-state index contributed by atoms with van der Waals surface area (Å²) in [5.41, 5.74) is 1.07. The molecule has 0 aliphatic rings. The lowest BCUT2D eigenvalue weighted by Gasteiger charge is -2.13. The van der Waals surface area contributed by atoms with Gasteiger partial charge in [-0.25, -0.2) is 4.79 Å². The second kappa shape index (κ2) is 9.32. The quantitative estimate of drug-likeness (QED) is 0.731. The van der Waals surface area contributed by atoms with Gasteiger partial charge in [0.15, 0.2) is 6.61 Å². The van der Waals surface area contributed by atoms with Crippen LogP contribution in [0.25, 0.3) is 0 Å². The molecular weight excluding hydrogens is 322 g/mol. The Kier molecular flexibility index (Phi) is 6.83. The van der Waals surface area contributed by atoms with Crippen molar-refractivity contribution in [1.82, 2.24) is 5.32 Å². The molecule has 0 saturated carbocycles. The number of hydrogen-bond acceptors (Lipinski definition) is 4. The molecule has 2 aromatic carbocycles. The Morgan fingerprint density at radius 2 is 1.60 bits per heavy atom. The van der Waals surface area contributed by atoms with E-state index in [4.69, 9.17) is 14.6 Å². The summed E-state index contributed by atoms with van der Waals surface area (Å²) in [6.45, 7) is 1.92. The van der Waals surface area contributed by atoms with Gasteiger partial charge in [-0.3, -0.25) is 4.79 Å².